The number of nitro benzene ring substituents is 1. The van der Waals surface area contributed by atoms with Crippen LogP contribution >= 0.6 is 22.7 Å². The molecule has 1 aromatic carbocycles. The highest BCUT2D eigenvalue weighted by Gasteiger charge is 2.13. The van der Waals surface area contributed by atoms with Gasteiger partial charge in [0.25, 0.3) is 11.2 Å². The molecule has 0 atom stereocenters. The van der Waals surface area contributed by atoms with Crippen LogP contribution in [0.5, 0.6) is 0 Å². The highest BCUT2D eigenvalue weighted by molar-refractivity contribution is 7.15. The predicted molar refractivity (Wildman–Crippen MR) is 110 cm³/mol. The molecule has 0 saturated carbocycles. The zero-order chi connectivity index (χ0) is 20.0. The van der Waals surface area contributed by atoms with Crippen molar-refractivity contribution in [3.8, 4) is 22.0 Å². The smallest absolute Gasteiger partial charge is 0.291 e. The number of hydrogen-bond donors (Lipinski definition) is 0. The zero-order valence-corrected chi connectivity index (χ0v) is 16.1. The van der Waals surface area contributed by atoms with Crippen LogP contribution in [-0.4, -0.2) is 19.5 Å². The van der Waals surface area contributed by atoms with Gasteiger partial charge in [0.15, 0.2) is 5.82 Å². The van der Waals surface area contributed by atoms with E-state index in [9.17, 15) is 14.9 Å². The first-order chi connectivity index (χ1) is 14.1. The molecule has 0 aliphatic rings. The van der Waals surface area contributed by atoms with Crippen LogP contribution in [0.4, 0.5) is 5.69 Å². The Morgan fingerprint density at radius 1 is 1.17 bits per heavy atom. The normalized spacial score (nSPS) is 12.1. The topological polar surface area (TPSA) is 104 Å². The summed E-state index contributed by atoms with van der Waals surface area (Å²) in [6.45, 7) is 0. The van der Waals surface area contributed by atoms with E-state index >= 15 is 0 Å². The zero-order valence-electron chi connectivity index (χ0n) is 14.5. The summed E-state index contributed by atoms with van der Waals surface area (Å²) in [5.41, 5.74) is 0.302. The quantitative estimate of drug-likeness (QED) is 0.324. The maximum absolute atomic E-state index is 12.6. The number of hydrogen-bond acceptors (Lipinski definition) is 8. The maximum Gasteiger partial charge on any atom is 0.291 e. The summed E-state index contributed by atoms with van der Waals surface area (Å²) in [5.74, 6) is 1.47. The number of thiazole rings is 1. The molecule has 0 fully saturated rings. The Morgan fingerprint density at radius 2 is 2.07 bits per heavy atom. The van der Waals surface area contributed by atoms with Crippen LogP contribution in [-0.2, 0) is 0 Å². The average molecular weight is 422 g/mol. The van der Waals surface area contributed by atoms with Gasteiger partial charge in [-0.1, -0.05) is 29.5 Å². The van der Waals surface area contributed by atoms with E-state index in [0.29, 0.717) is 32.4 Å². The third-order valence-corrected chi connectivity index (χ3v) is 5.99. The minimum Gasteiger partial charge on any atom is -0.457 e. The molecule has 142 valence electrons. The molecule has 0 radical (unpaired) electrons. The lowest BCUT2D eigenvalue weighted by Crippen LogP contribution is -2.23. The van der Waals surface area contributed by atoms with Crippen molar-refractivity contribution in [1.82, 2.24) is 14.6 Å². The van der Waals surface area contributed by atoms with E-state index in [-0.39, 0.29) is 11.2 Å². The summed E-state index contributed by atoms with van der Waals surface area (Å²) >= 11 is 2.73. The minimum absolute atomic E-state index is 0.0154. The van der Waals surface area contributed by atoms with Crippen molar-refractivity contribution in [3.63, 3.8) is 0 Å². The molecule has 29 heavy (non-hydrogen) atoms. The lowest BCUT2D eigenvalue weighted by Gasteiger charge is -1.96. The molecular formula is C19H10N4O4S2. The third kappa shape index (κ3) is 3.13. The molecule has 0 aliphatic heterocycles. The first kappa shape index (κ1) is 17.5. The highest BCUT2D eigenvalue weighted by atomic mass is 32.1. The van der Waals surface area contributed by atoms with Gasteiger partial charge in [0, 0.05) is 23.8 Å². The van der Waals surface area contributed by atoms with Gasteiger partial charge in [-0.3, -0.25) is 14.9 Å². The Morgan fingerprint density at radius 3 is 2.83 bits per heavy atom. The van der Waals surface area contributed by atoms with Crippen LogP contribution < -0.4 is 10.1 Å². The van der Waals surface area contributed by atoms with Gasteiger partial charge in [-0.25, -0.2) is 0 Å². The molecule has 8 nitrogen and oxygen atoms in total. The van der Waals surface area contributed by atoms with Gasteiger partial charge >= 0.3 is 0 Å². The fourth-order valence-electron chi connectivity index (χ4n) is 2.83. The second kappa shape index (κ2) is 6.76. The highest BCUT2D eigenvalue weighted by Crippen LogP contribution is 2.26. The van der Waals surface area contributed by atoms with Crippen molar-refractivity contribution in [3.05, 3.63) is 84.7 Å². The molecular weight excluding hydrogens is 412 g/mol. The Hall–Kier alpha value is -3.63. The van der Waals surface area contributed by atoms with E-state index in [1.54, 1.807) is 30.3 Å². The number of thiophene rings is 1. The molecule has 0 unspecified atom stereocenters. The molecule has 0 spiro atoms. The molecule has 10 heteroatoms. The van der Waals surface area contributed by atoms with E-state index < -0.39 is 4.92 Å². The number of benzene rings is 1. The molecule has 4 aromatic heterocycles. The Balaban J connectivity index is 1.51. The summed E-state index contributed by atoms with van der Waals surface area (Å²) in [5, 5.41) is 17.2. The van der Waals surface area contributed by atoms with Crippen molar-refractivity contribution in [2.24, 2.45) is 0 Å². The monoisotopic (exact) mass is 422 g/mol. The summed E-state index contributed by atoms with van der Waals surface area (Å²) in [7, 11) is 0. The van der Waals surface area contributed by atoms with Crippen molar-refractivity contribution in [2.75, 3.05) is 0 Å². The number of non-ortho nitro benzene ring substituents is 1. The molecule has 4 heterocycles. The van der Waals surface area contributed by atoms with E-state index in [0.717, 1.165) is 4.88 Å². The van der Waals surface area contributed by atoms with E-state index in [4.69, 9.17) is 4.42 Å². The van der Waals surface area contributed by atoms with Crippen molar-refractivity contribution in [2.45, 2.75) is 0 Å². The Bertz CT molecular complexity index is 1460. The first-order valence-electron chi connectivity index (χ1n) is 8.38. The molecule has 0 amide bonds. The van der Waals surface area contributed by atoms with Gasteiger partial charge in [0.1, 0.15) is 16.1 Å². The number of rotatable bonds is 4. The van der Waals surface area contributed by atoms with Crippen molar-refractivity contribution < 1.29 is 9.34 Å². The van der Waals surface area contributed by atoms with Crippen LogP contribution in [0.3, 0.4) is 0 Å². The van der Waals surface area contributed by atoms with Gasteiger partial charge in [-0.15, -0.1) is 16.4 Å². The second-order valence-corrected chi connectivity index (χ2v) is 7.99. The summed E-state index contributed by atoms with van der Waals surface area (Å²) in [6, 6.07) is 13.4. The molecule has 5 aromatic rings. The molecule has 0 bridgehead atoms. The lowest BCUT2D eigenvalue weighted by atomic mass is 10.1. The fourth-order valence-corrected chi connectivity index (χ4v) is 4.37. The standard InChI is InChI=1S/C19H10N4O4S2/c24-18-16(29-19-20-17(21-22(18)19)15-5-2-8-28-15)10-13-6-7-14(27-13)11-3-1-4-12(9-11)23(25)26/h1-10H. The van der Waals surface area contributed by atoms with Gasteiger partial charge < -0.3 is 4.42 Å². The maximum atomic E-state index is 12.6. The van der Waals surface area contributed by atoms with Gasteiger partial charge in [0.2, 0.25) is 4.96 Å². The van der Waals surface area contributed by atoms with Crippen molar-refractivity contribution in [1.29, 1.82) is 0 Å². The number of nitro groups is 1. The van der Waals surface area contributed by atoms with Crippen molar-refractivity contribution >= 4 is 39.4 Å². The van der Waals surface area contributed by atoms with Crippen LogP contribution in [0.15, 0.2) is 63.1 Å². The van der Waals surface area contributed by atoms with E-state index in [2.05, 4.69) is 10.1 Å². The summed E-state index contributed by atoms with van der Waals surface area (Å²) in [6.07, 6.45) is 1.62. The van der Waals surface area contributed by atoms with E-state index in [1.165, 1.54) is 39.3 Å². The summed E-state index contributed by atoms with van der Waals surface area (Å²) in [4.78, 5) is 29.0. The molecule has 5 rings (SSSR count). The number of aromatic nitrogens is 3. The second-order valence-electron chi connectivity index (χ2n) is 6.03. The molecule has 0 aliphatic carbocycles. The summed E-state index contributed by atoms with van der Waals surface area (Å²) < 4.78 is 7.49. The average Bonchev–Trinajstić information content (AvgIpc) is 3.49. The number of fused-ring (bicyclic) bond motifs is 1. The largest absolute Gasteiger partial charge is 0.457 e. The molecule has 0 saturated heterocycles. The fraction of sp³-hybridized carbons (Fsp3) is 0. The van der Waals surface area contributed by atoms with Crippen LogP contribution in [0, 0.1) is 10.1 Å². The van der Waals surface area contributed by atoms with Gasteiger partial charge in [0.05, 0.1) is 9.80 Å². The van der Waals surface area contributed by atoms with Crippen LogP contribution in [0.1, 0.15) is 5.76 Å². The third-order valence-electron chi connectivity index (χ3n) is 4.17. The predicted octanol–water partition coefficient (Wildman–Crippen LogP) is 3.60. The van der Waals surface area contributed by atoms with Crippen LogP contribution in [0.2, 0.25) is 0 Å². The van der Waals surface area contributed by atoms with Gasteiger partial charge in [-0.2, -0.15) is 9.50 Å². The first-order valence-corrected chi connectivity index (χ1v) is 10.1. The van der Waals surface area contributed by atoms with E-state index in [1.807, 2.05) is 17.5 Å². The minimum atomic E-state index is -0.456. The number of furan rings is 1. The Labute approximate surface area is 170 Å². The molecule has 0 N–H and O–H groups in total. The Kier molecular flexibility index (Phi) is 4.07. The van der Waals surface area contributed by atoms with Gasteiger partial charge in [-0.05, 0) is 23.6 Å². The lowest BCUT2D eigenvalue weighted by molar-refractivity contribution is -0.384. The van der Waals surface area contributed by atoms with Crippen LogP contribution in [0.25, 0.3) is 33.1 Å². The number of nitrogens with zero attached hydrogens (tertiary/aromatic N) is 4. The SMILES string of the molecule is O=c1c(=Cc2ccc(-c3cccc([N+](=O)[O-])c3)o2)sc2nc(-c3cccs3)nn12.